The Hall–Kier alpha value is -0.910. The fourth-order valence-electron chi connectivity index (χ4n) is 2.04. The molecule has 2 atom stereocenters. The minimum atomic E-state index is -3.33. The molecule has 1 aromatic rings. The summed E-state index contributed by atoms with van der Waals surface area (Å²) >= 11 is 0. The van der Waals surface area contributed by atoms with Gasteiger partial charge in [-0.2, -0.15) is 0 Å². The van der Waals surface area contributed by atoms with E-state index in [0.29, 0.717) is 24.5 Å². The molecule has 0 heterocycles. The zero-order chi connectivity index (χ0) is 13.4. The van der Waals surface area contributed by atoms with E-state index in [2.05, 4.69) is 0 Å². The summed E-state index contributed by atoms with van der Waals surface area (Å²) in [7, 11) is -3.33. The van der Waals surface area contributed by atoms with Crippen LogP contribution in [0.1, 0.15) is 18.9 Å². The standard InChI is InChI=1S/C13H19NO3S/c1-3-17-9-13(14)8-12(13)18(15,16)11-6-4-10(2)5-7-11/h4-7,12H,3,8-9,14H2,1-2H3. The van der Waals surface area contributed by atoms with Gasteiger partial charge in [-0.15, -0.1) is 0 Å². The Morgan fingerprint density at radius 1 is 1.39 bits per heavy atom. The molecule has 0 saturated heterocycles. The minimum Gasteiger partial charge on any atom is -0.380 e. The van der Waals surface area contributed by atoms with Gasteiger partial charge in [-0.3, -0.25) is 0 Å². The molecule has 0 spiro atoms. The van der Waals surface area contributed by atoms with Crippen LogP contribution < -0.4 is 5.73 Å². The number of nitrogens with two attached hydrogens (primary N) is 1. The molecule has 0 aliphatic heterocycles. The number of ether oxygens (including phenoxy) is 1. The van der Waals surface area contributed by atoms with E-state index in [1.807, 2.05) is 13.8 Å². The molecule has 1 aliphatic rings. The summed E-state index contributed by atoms with van der Waals surface area (Å²) in [6, 6.07) is 6.89. The molecule has 0 bridgehead atoms. The lowest BCUT2D eigenvalue weighted by Gasteiger charge is -2.11. The van der Waals surface area contributed by atoms with Crippen molar-refractivity contribution in [2.45, 2.75) is 36.0 Å². The summed E-state index contributed by atoms with van der Waals surface area (Å²) in [6.45, 7) is 4.65. The number of benzene rings is 1. The molecule has 0 radical (unpaired) electrons. The van der Waals surface area contributed by atoms with Gasteiger partial charge in [-0.1, -0.05) is 17.7 Å². The van der Waals surface area contributed by atoms with Gasteiger partial charge in [-0.25, -0.2) is 8.42 Å². The first-order valence-electron chi connectivity index (χ1n) is 6.07. The molecular weight excluding hydrogens is 250 g/mol. The molecule has 1 aromatic carbocycles. The van der Waals surface area contributed by atoms with E-state index in [9.17, 15) is 8.42 Å². The van der Waals surface area contributed by atoms with Crippen LogP contribution in [-0.4, -0.2) is 32.4 Å². The van der Waals surface area contributed by atoms with E-state index in [1.165, 1.54) is 0 Å². The summed E-state index contributed by atoms with van der Waals surface area (Å²) in [5.41, 5.74) is 6.36. The maximum atomic E-state index is 12.3. The predicted molar refractivity (Wildman–Crippen MR) is 70.2 cm³/mol. The van der Waals surface area contributed by atoms with Crippen LogP contribution in [0.5, 0.6) is 0 Å². The van der Waals surface area contributed by atoms with E-state index in [4.69, 9.17) is 10.5 Å². The first kappa shape index (κ1) is 13.5. The van der Waals surface area contributed by atoms with Crippen LogP contribution in [0, 0.1) is 6.92 Å². The molecule has 0 aromatic heterocycles. The van der Waals surface area contributed by atoms with Crippen LogP contribution >= 0.6 is 0 Å². The highest BCUT2D eigenvalue weighted by molar-refractivity contribution is 7.92. The third-order valence-electron chi connectivity index (χ3n) is 3.35. The molecule has 1 aliphatic carbocycles. The molecule has 18 heavy (non-hydrogen) atoms. The molecule has 100 valence electrons. The Labute approximate surface area is 108 Å². The minimum absolute atomic E-state index is 0.305. The fourth-order valence-corrected chi connectivity index (χ4v) is 4.10. The molecular formula is C13H19NO3S. The van der Waals surface area contributed by atoms with Crippen LogP contribution in [0.25, 0.3) is 0 Å². The Bertz CT molecular complexity index is 524. The Morgan fingerprint density at radius 2 is 2.00 bits per heavy atom. The van der Waals surface area contributed by atoms with Crippen LogP contribution in [-0.2, 0) is 14.6 Å². The predicted octanol–water partition coefficient (Wildman–Crippen LogP) is 1.28. The second-order valence-electron chi connectivity index (χ2n) is 4.92. The van der Waals surface area contributed by atoms with Gasteiger partial charge in [0, 0.05) is 6.61 Å². The number of rotatable bonds is 5. The van der Waals surface area contributed by atoms with Crippen LogP contribution in [0.4, 0.5) is 0 Å². The molecule has 5 heteroatoms. The molecule has 4 nitrogen and oxygen atoms in total. The van der Waals surface area contributed by atoms with Crippen molar-refractivity contribution in [2.24, 2.45) is 5.73 Å². The molecule has 2 rings (SSSR count). The van der Waals surface area contributed by atoms with Gasteiger partial charge in [0.05, 0.1) is 22.3 Å². The first-order chi connectivity index (χ1) is 8.40. The number of hydrogen-bond donors (Lipinski definition) is 1. The average molecular weight is 269 g/mol. The monoisotopic (exact) mass is 269 g/mol. The van der Waals surface area contributed by atoms with Crippen LogP contribution in [0.3, 0.4) is 0 Å². The Kier molecular flexibility index (Phi) is 3.49. The van der Waals surface area contributed by atoms with E-state index in [-0.39, 0.29) is 0 Å². The highest BCUT2D eigenvalue weighted by atomic mass is 32.2. The number of sulfone groups is 1. The lowest BCUT2D eigenvalue weighted by molar-refractivity contribution is 0.127. The van der Waals surface area contributed by atoms with Gasteiger partial charge in [0.25, 0.3) is 0 Å². The van der Waals surface area contributed by atoms with Gasteiger partial charge >= 0.3 is 0 Å². The molecule has 2 N–H and O–H groups in total. The highest BCUT2D eigenvalue weighted by Crippen LogP contribution is 2.42. The van der Waals surface area contributed by atoms with Crippen molar-refractivity contribution < 1.29 is 13.2 Å². The smallest absolute Gasteiger partial charge is 0.183 e. The van der Waals surface area contributed by atoms with Crippen molar-refractivity contribution in [2.75, 3.05) is 13.2 Å². The quantitative estimate of drug-likeness (QED) is 0.874. The van der Waals surface area contributed by atoms with Crippen LogP contribution in [0.15, 0.2) is 29.2 Å². The van der Waals surface area contributed by atoms with Gasteiger partial charge in [-0.05, 0) is 32.4 Å². The third-order valence-corrected chi connectivity index (χ3v) is 5.66. The normalized spacial score (nSPS) is 27.2. The maximum Gasteiger partial charge on any atom is 0.183 e. The zero-order valence-electron chi connectivity index (χ0n) is 10.7. The molecule has 1 saturated carbocycles. The van der Waals surface area contributed by atoms with Crippen molar-refractivity contribution in [1.29, 1.82) is 0 Å². The van der Waals surface area contributed by atoms with E-state index in [1.54, 1.807) is 24.3 Å². The number of hydrogen-bond acceptors (Lipinski definition) is 4. The summed E-state index contributed by atoms with van der Waals surface area (Å²) in [6.07, 6.45) is 0.475. The summed E-state index contributed by atoms with van der Waals surface area (Å²) in [4.78, 5) is 0.349. The molecule has 1 fully saturated rings. The van der Waals surface area contributed by atoms with Crippen molar-refractivity contribution in [3.8, 4) is 0 Å². The van der Waals surface area contributed by atoms with Crippen molar-refractivity contribution in [3.05, 3.63) is 29.8 Å². The summed E-state index contributed by atoms with van der Waals surface area (Å²) in [5, 5.41) is -0.515. The van der Waals surface area contributed by atoms with E-state index < -0.39 is 20.6 Å². The molecule has 2 unspecified atom stereocenters. The second kappa shape index (κ2) is 4.64. The van der Waals surface area contributed by atoms with Gasteiger partial charge in [0.15, 0.2) is 9.84 Å². The Morgan fingerprint density at radius 3 is 2.56 bits per heavy atom. The second-order valence-corrected chi connectivity index (χ2v) is 7.05. The van der Waals surface area contributed by atoms with Gasteiger partial charge < -0.3 is 10.5 Å². The van der Waals surface area contributed by atoms with E-state index in [0.717, 1.165) is 5.56 Å². The Balaban J connectivity index is 2.17. The lowest BCUT2D eigenvalue weighted by Crippen LogP contribution is -2.35. The lowest BCUT2D eigenvalue weighted by atomic mass is 10.2. The summed E-state index contributed by atoms with van der Waals surface area (Å²) in [5.74, 6) is 0. The molecule has 0 amide bonds. The third kappa shape index (κ3) is 2.43. The van der Waals surface area contributed by atoms with E-state index >= 15 is 0 Å². The maximum absolute atomic E-state index is 12.3. The largest absolute Gasteiger partial charge is 0.380 e. The summed E-state index contributed by atoms with van der Waals surface area (Å²) < 4.78 is 29.9. The van der Waals surface area contributed by atoms with Gasteiger partial charge in [0.2, 0.25) is 0 Å². The van der Waals surface area contributed by atoms with Crippen molar-refractivity contribution in [3.63, 3.8) is 0 Å². The SMILES string of the molecule is CCOCC1(N)CC1S(=O)(=O)c1ccc(C)cc1. The van der Waals surface area contributed by atoms with Gasteiger partial charge in [0.1, 0.15) is 0 Å². The first-order valence-corrected chi connectivity index (χ1v) is 7.62. The highest BCUT2D eigenvalue weighted by Gasteiger charge is 2.59. The zero-order valence-corrected chi connectivity index (χ0v) is 11.5. The number of aryl methyl sites for hydroxylation is 1. The van der Waals surface area contributed by atoms with Crippen molar-refractivity contribution >= 4 is 9.84 Å². The average Bonchev–Trinajstić information content (AvgIpc) is 3.01. The van der Waals surface area contributed by atoms with Crippen molar-refractivity contribution in [1.82, 2.24) is 0 Å². The van der Waals surface area contributed by atoms with Crippen LogP contribution in [0.2, 0.25) is 0 Å². The fraction of sp³-hybridized carbons (Fsp3) is 0.538. The topological polar surface area (TPSA) is 69.4 Å².